The lowest BCUT2D eigenvalue weighted by atomic mass is 10.1. The Morgan fingerprint density at radius 2 is 1.77 bits per heavy atom. The summed E-state index contributed by atoms with van der Waals surface area (Å²) in [5.74, 6) is 0.458. The maximum Gasteiger partial charge on any atom is 0.262 e. The van der Waals surface area contributed by atoms with Gasteiger partial charge in [0.25, 0.3) is 5.91 Å². The van der Waals surface area contributed by atoms with Crippen LogP contribution in [0.15, 0.2) is 72.8 Å². The first-order chi connectivity index (χ1) is 15.0. The molecule has 4 nitrogen and oxygen atoms in total. The third-order valence-electron chi connectivity index (χ3n) is 5.07. The van der Waals surface area contributed by atoms with Crippen LogP contribution in [-0.4, -0.2) is 18.6 Å². The van der Waals surface area contributed by atoms with Crippen LogP contribution in [0.3, 0.4) is 0 Å². The van der Waals surface area contributed by atoms with Gasteiger partial charge in [0.2, 0.25) is 0 Å². The highest BCUT2D eigenvalue weighted by molar-refractivity contribution is 6.30. The molecule has 0 heterocycles. The van der Waals surface area contributed by atoms with Crippen molar-refractivity contribution in [1.29, 1.82) is 0 Å². The number of benzene rings is 3. The molecule has 3 aromatic rings. The normalized spacial score (nSPS) is 11.7. The third kappa shape index (κ3) is 7.74. The molecule has 162 valence electrons. The Balaban J connectivity index is 1.51. The summed E-state index contributed by atoms with van der Waals surface area (Å²) in [6.45, 7) is 4.73. The predicted molar refractivity (Wildman–Crippen MR) is 128 cm³/mol. The molecule has 1 atom stereocenters. The molecular formula is C26H29ClN2O2. The Morgan fingerprint density at radius 3 is 2.52 bits per heavy atom. The van der Waals surface area contributed by atoms with Crippen LogP contribution in [0.5, 0.6) is 5.75 Å². The molecule has 0 unspecified atom stereocenters. The number of halogens is 1. The van der Waals surface area contributed by atoms with E-state index in [1.807, 2.05) is 49.4 Å². The number of amides is 1. The van der Waals surface area contributed by atoms with E-state index >= 15 is 0 Å². The van der Waals surface area contributed by atoms with E-state index in [0.717, 1.165) is 29.7 Å². The lowest BCUT2D eigenvalue weighted by Crippen LogP contribution is -2.26. The van der Waals surface area contributed by atoms with E-state index in [1.54, 1.807) is 6.07 Å². The molecule has 5 heteroatoms. The van der Waals surface area contributed by atoms with Crippen LogP contribution in [0.2, 0.25) is 5.02 Å². The molecule has 0 saturated carbocycles. The molecule has 2 N–H and O–H groups in total. The summed E-state index contributed by atoms with van der Waals surface area (Å²) in [6.07, 6.45) is 2.05. The maximum absolute atomic E-state index is 12.3. The Kier molecular flexibility index (Phi) is 8.51. The molecule has 0 spiro atoms. The molecule has 0 fully saturated rings. The molecular weight excluding hydrogens is 408 g/mol. The molecule has 31 heavy (non-hydrogen) atoms. The van der Waals surface area contributed by atoms with Crippen molar-refractivity contribution in [1.82, 2.24) is 5.32 Å². The minimum absolute atomic E-state index is 0.0634. The van der Waals surface area contributed by atoms with Gasteiger partial charge in [0.05, 0.1) is 0 Å². The number of ether oxygens (including phenoxy) is 1. The number of hydrogen-bond donors (Lipinski definition) is 2. The molecule has 3 aromatic carbocycles. The highest BCUT2D eigenvalue weighted by Gasteiger charge is 2.10. The van der Waals surface area contributed by atoms with Crippen molar-refractivity contribution in [3.05, 3.63) is 94.5 Å². The molecule has 0 aliphatic carbocycles. The minimum Gasteiger partial charge on any atom is -0.483 e. The van der Waals surface area contributed by atoms with Crippen LogP contribution in [0.25, 0.3) is 0 Å². The summed E-state index contributed by atoms with van der Waals surface area (Å²) >= 11 is 6.19. The van der Waals surface area contributed by atoms with E-state index in [9.17, 15) is 4.79 Å². The Bertz CT molecular complexity index is 974. The first-order valence-corrected chi connectivity index (χ1v) is 10.9. The van der Waals surface area contributed by atoms with Crippen LogP contribution >= 0.6 is 11.6 Å². The average Bonchev–Trinajstić information content (AvgIpc) is 2.78. The summed E-state index contributed by atoms with van der Waals surface area (Å²) < 4.78 is 5.80. The van der Waals surface area contributed by atoms with Crippen molar-refractivity contribution in [2.75, 3.05) is 11.9 Å². The second kappa shape index (κ2) is 11.5. The van der Waals surface area contributed by atoms with Crippen LogP contribution in [0.4, 0.5) is 5.69 Å². The van der Waals surface area contributed by atoms with Gasteiger partial charge in [-0.15, -0.1) is 0 Å². The Hall–Kier alpha value is -2.82. The molecule has 3 rings (SSSR count). The number of carbonyl (C=O) groups is 1. The molecule has 0 aliphatic heterocycles. The fraction of sp³-hybridized carbons (Fsp3) is 0.269. The summed E-state index contributed by atoms with van der Waals surface area (Å²) in [6, 6.07) is 23.9. The van der Waals surface area contributed by atoms with E-state index < -0.39 is 0 Å². The van der Waals surface area contributed by atoms with Crippen molar-refractivity contribution >= 4 is 23.2 Å². The zero-order valence-corrected chi connectivity index (χ0v) is 18.8. The Labute approximate surface area is 189 Å². The molecule has 0 aromatic heterocycles. The second-order valence-electron chi connectivity index (χ2n) is 7.76. The van der Waals surface area contributed by atoms with E-state index in [-0.39, 0.29) is 12.5 Å². The van der Waals surface area contributed by atoms with E-state index in [0.29, 0.717) is 23.4 Å². The number of nitrogens with one attached hydrogen (secondary N) is 2. The number of aryl methyl sites for hydroxylation is 2. The summed E-state index contributed by atoms with van der Waals surface area (Å²) in [5.41, 5.74) is 4.17. The topological polar surface area (TPSA) is 50.4 Å². The third-order valence-corrected chi connectivity index (χ3v) is 5.30. The standard InChI is InChI=1S/C26H29ClN2O2/c1-19-8-13-24(14-9-19)29-26(30)18-31-25-15-12-23(27)16-22(25)17-28-20(2)10-11-21-6-4-3-5-7-21/h3-9,12-16,20,28H,10-11,17-18H2,1-2H3,(H,29,30)/t20-/m0/s1. The van der Waals surface area contributed by atoms with Crippen LogP contribution in [-0.2, 0) is 17.8 Å². The van der Waals surface area contributed by atoms with Gasteiger partial charge in [-0.05, 0) is 62.6 Å². The smallest absolute Gasteiger partial charge is 0.262 e. The highest BCUT2D eigenvalue weighted by atomic mass is 35.5. The van der Waals surface area contributed by atoms with Gasteiger partial charge in [-0.25, -0.2) is 0 Å². The van der Waals surface area contributed by atoms with E-state index in [1.165, 1.54) is 5.56 Å². The first kappa shape index (κ1) is 22.9. The molecule has 0 bridgehead atoms. The van der Waals surface area contributed by atoms with E-state index in [2.05, 4.69) is 41.8 Å². The minimum atomic E-state index is -0.200. The zero-order chi connectivity index (χ0) is 22.1. The molecule has 0 radical (unpaired) electrons. The maximum atomic E-state index is 12.3. The highest BCUT2D eigenvalue weighted by Crippen LogP contribution is 2.23. The summed E-state index contributed by atoms with van der Waals surface area (Å²) in [4.78, 5) is 12.3. The van der Waals surface area contributed by atoms with Crippen molar-refractivity contribution in [3.8, 4) is 5.75 Å². The number of hydrogen-bond acceptors (Lipinski definition) is 3. The fourth-order valence-corrected chi connectivity index (χ4v) is 3.41. The summed E-state index contributed by atoms with van der Waals surface area (Å²) in [7, 11) is 0. The zero-order valence-electron chi connectivity index (χ0n) is 18.0. The number of anilines is 1. The summed E-state index contributed by atoms with van der Waals surface area (Å²) in [5, 5.41) is 7.02. The van der Waals surface area contributed by atoms with Gasteiger partial charge >= 0.3 is 0 Å². The Morgan fingerprint density at radius 1 is 1.03 bits per heavy atom. The number of carbonyl (C=O) groups excluding carboxylic acids is 1. The van der Waals surface area contributed by atoms with E-state index in [4.69, 9.17) is 16.3 Å². The van der Waals surface area contributed by atoms with Gasteiger partial charge in [0, 0.05) is 28.9 Å². The largest absolute Gasteiger partial charge is 0.483 e. The monoisotopic (exact) mass is 436 g/mol. The predicted octanol–water partition coefficient (Wildman–Crippen LogP) is 5.78. The van der Waals surface area contributed by atoms with Crippen molar-refractivity contribution in [3.63, 3.8) is 0 Å². The van der Waals surface area contributed by atoms with Crippen molar-refractivity contribution in [2.24, 2.45) is 0 Å². The quantitative estimate of drug-likeness (QED) is 0.423. The van der Waals surface area contributed by atoms with Crippen LogP contribution in [0, 0.1) is 6.92 Å². The number of rotatable bonds is 10. The average molecular weight is 437 g/mol. The SMILES string of the molecule is Cc1ccc(NC(=O)COc2ccc(Cl)cc2CN[C@@H](C)CCc2ccccc2)cc1. The van der Waals surface area contributed by atoms with Crippen molar-refractivity contribution in [2.45, 2.75) is 39.3 Å². The van der Waals surface area contributed by atoms with Gasteiger partial charge in [-0.3, -0.25) is 4.79 Å². The van der Waals surface area contributed by atoms with Gasteiger partial charge < -0.3 is 15.4 Å². The lowest BCUT2D eigenvalue weighted by Gasteiger charge is -2.17. The molecule has 1 amide bonds. The first-order valence-electron chi connectivity index (χ1n) is 10.5. The van der Waals surface area contributed by atoms with Crippen molar-refractivity contribution < 1.29 is 9.53 Å². The van der Waals surface area contributed by atoms with Crippen LogP contribution < -0.4 is 15.4 Å². The molecule has 0 aliphatic rings. The molecule has 0 saturated heterocycles. The lowest BCUT2D eigenvalue weighted by molar-refractivity contribution is -0.118. The second-order valence-corrected chi connectivity index (χ2v) is 8.20. The van der Waals surface area contributed by atoms with Gasteiger partial charge in [0.15, 0.2) is 6.61 Å². The van der Waals surface area contributed by atoms with Crippen LogP contribution in [0.1, 0.15) is 30.0 Å². The fourth-order valence-electron chi connectivity index (χ4n) is 3.22. The van der Waals surface area contributed by atoms with Gasteiger partial charge in [-0.2, -0.15) is 0 Å². The van der Waals surface area contributed by atoms with Gasteiger partial charge in [-0.1, -0.05) is 59.6 Å². The van der Waals surface area contributed by atoms with Gasteiger partial charge in [0.1, 0.15) is 5.75 Å².